The van der Waals surface area contributed by atoms with Gasteiger partial charge in [-0.05, 0) is 42.7 Å². The van der Waals surface area contributed by atoms with Crippen molar-refractivity contribution in [1.29, 1.82) is 0 Å². The number of fused-ring (bicyclic) bond motifs is 1. The maximum absolute atomic E-state index is 12.8. The minimum atomic E-state index is -0.191. The molecule has 1 saturated heterocycles. The van der Waals surface area contributed by atoms with Crippen LogP contribution in [0.2, 0.25) is 0 Å². The summed E-state index contributed by atoms with van der Waals surface area (Å²) in [6.07, 6.45) is 1.75. The second kappa shape index (κ2) is 9.20. The number of para-hydroxylation sites is 2. The van der Waals surface area contributed by atoms with Gasteiger partial charge in [0.25, 0.3) is 0 Å². The van der Waals surface area contributed by atoms with E-state index < -0.39 is 0 Å². The number of ether oxygens (including phenoxy) is 1. The minimum absolute atomic E-state index is 0.0194. The van der Waals surface area contributed by atoms with Gasteiger partial charge in [-0.15, -0.1) is 0 Å². The Labute approximate surface area is 182 Å². The predicted molar refractivity (Wildman–Crippen MR) is 119 cm³/mol. The number of carbonyl (C=O) groups excluding carboxylic acids is 2. The molecule has 162 valence electrons. The van der Waals surface area contributed by atoms with Crippen molar-refractivity contribution in [3.05, 3.63) is 59.9 Å². The van der Waals surface area contributed by atoms with Gasteiger partial charge < -0.3 is 19.5 Å². The van der Waals surface area contributed by atoms with Gasteiger partial charge in [0.05, 0.1) is 30.6 Å². The Morgan fingerprint density at radius 1 is 1.19 bits per heavy atom. The summed E-state index contributed by atoms with van der Waals surface area (Å²) >= 11 is 0. The summed E-state index contributed by atoms with van der Waals surface area (Å²) in [7, 11) is 3.60. The monoisotopic (exact) mass is 420 g/mol. The Balaban J connectivity index is 1.32. The van der Waals surface area contributed by atoms with Crippen LogP contribution in [0.25, 0.3) is 11.0 Å². The van der Waals surface area contributed by atoms with Crippen LogP contribution in [0.1, 0.15) is 24.2 Å². The Hall–Kier alpha value is -3.35. The van der Waals surface area contributed by atoms with Crippen molar-refractivity contribution in [2.24, 2.45) is 13.0 Å². The van der Waals surface area contributed by atoms with Gasteiger partial charge in [0.1, 0.15) is 11.6 Å². The third-order valence-corrected chi connectivity index (χ3v) is 6.00. The van der Waals surface area contributed by atoms with Crippen LogP contribution in [0.3, 0.4) is 0 Å². The first-order valence-corrected chi connectivity index (χ1v) is 10.6. The topological polar surface area (TPSA) is 76.5 Å². The van der Waals surface area contributed by atoms with Crippen molar-refractivity contribution < 1.29 is 14.3 Å². The molecular formula is C24H28N4O3. The first kappa shape index (κ1) is 20.9. The van der Waals surface area contributed by atoms with Gasteiger partial charge in [-0.1, -0.05) is 24.3 Å². The highest BCUT2D eigenvalue weighted by atomic mass is 16.5. The van der Waals surface area contributed by atoms with Crippen molar-refractivity contribution in [2.45, 2.75) is 25.8 Å². The van der Waals surface area contributed by atoms with Crippen LogP contribution >= 0.6 is 0 Å². The van der Waals surface area contributed by atoms with E-state index in [9.17, 15) is 9.59 Å². The molecule has 1 fully saturated rings. The van der Waals surface area contributed by atoms with E-state index in [1.54, 1.807) is 7.11 Å². The lowest BCUT2D eigenvalue weighted by atomic mass is 9.96. The molecule has 0 unspecified atom stereocenters. The Morgan fingerprint density at radius 2 is 1.97 bits per heavy atom. The maximum Gasteiger partial charge on any atom is 0.225 e. The molecule has 1 N–H and O–H groups in total. The molecule has 0 saturated carbocycles. The minimum Gasteiger partial charge on any atom is -0.497 e. The highest BCUT2D eigenvalue weighted by Gasteiger charge is 2.30. The Bertz CT molecular complexity index is 1070. The molecule has 1 aromatic heterocycles. The second-order valence-electron chi connectivity index (χ2n) is 7.97. The van der Waals surface area contributed by atoms with Gasteiger partial charge >= 0.3 is 0 Å². The summed E-state index contributed by atoms with van der Waals surface area (Å²) in [5, 5.41) is 3.02. The molecule has 0 spiro atoms. The summed E-state index contributed by atoms with van der Waals surface area (Å²) in [5.74, 6) is 1.54. The molecule has 2 amide bonds. The molecule has 3 aromatic rings. The van der Waals surface area contributed by atoms with Crippen LogP contribution in [0.5, 0.6) is 5.75 Å². The van der Waals surface area contributed by atoms with Crippen LogP contribution in [-0.2, 0) is 29.6 Å². The highest BCUT2D eigenvalue weighted by Crippen LogP contribution is 2.20. The van der Waals surface area contributed by atoms with Crippen LogP contribution in [0, 0.1) is 5.92 Å². The zero-order chi connectivity index (χ0) is 21.8. The molecule has 0 bridgehead atoms. The third kappa shape index (κ3) is 4.71. The SMILES string of the molecule is COc1ccc(CCN2C[C@@H](C(=O)NCc3nc4ccccc4n3C)CCC2=O)cc1. The lowest BCUT2D eigenvalue weighted by Crippen LogP contribution is -2.46. The Morgan fingerprint density at radius 3 is 2.71 bits per heavy atom. The molecule has 1 atom stereocenters. The van der Waals surface area contributed by atoms with Crippen molar-refractivity contribution in [3.63, 3.8) is 0 Å². The van der Waals surface area contributed by atoms with Crippen LogP contribution < -0.4 is 10.1 Å². The number of amides is 2. The normalized spacial score (nSPS) is 16.5. The highest BCUT2D eigenvalue weighted by molar-refractivity contribution is 5.84. The largest absolute Gasteiger partial charge is 0.497 e. The number of hydrogen-bond acceptors (Lipinski definition) is 4. The molecule has 7 nitrogen and oxygen atoms in total. The number of nitrogens with zero attached hydrogens (tertiary/aromatic N) is 3. The van der Waals surface area contributed by atoms with E-state index in [0.29, 0.717) is 32.5 Å². The molecule has 0 aliphatic carbocycles. The molecule has 4 rings (SSSR count). The van der Waals surface area contributed by atoms with Crippen LogP contribution in [0.4, 0.5) is 0 Å². The standard InChI is InChI=1S/C24H28N4O3/c1-27-21-6-4-3-5-20(21)26-22(27)15-25-24(30)18-9-12-23(29)28(16-18)14-13-17-7-10-19(31-2)11-8-17/h3-8,10-11,18H,9,12-16H2,1-2H3,(H,25,30)/t18-/m0/s1. The fourth-order valence-corrected chi connectivity index (χ4v) is 4.07. The predicted octanol–water partition coefficient (Wildman–Crippen LogP) is 2.68. The average Bonchev–Trinajstić information content (AvgIpc) is 3.13. The van der Waals surface area contributed by atoms with E-state index in [0.717, 1.165) is 34.6 Å². The van der Waals surface area contributed by atoms with Gasteiger partial charge in [-0.2, -0.15) is 0 Å². The summed E-state index contributed by atoms with van der Waals surface area (Å²) in [4.78, 5) is 31.6. The van der Waals surface area contributed by atoms with Crippen molar-refractivity contribution in [3.8, 4) is 5.75 Å². The van der Waals surface area contributed by atoms with Gasteiger partial charge in [-0.25, -0.2) is 4.98 Å². The smallest absolute Gasteiger partial charge is 0.225 e. The summed E-state index contributed by atoms with van der Waals surface area (Å²) in [6.45, 7) is 1.45. The van der Waals surface area contributed by atoms with E-state index in [2.05, 4.69) is 10.3 Å². The third-order valence-electron chi connectivity index (χ3n) is 6.00. The van der Waals surface area contributed by atoms with E-state index in [4.69, 9.17) is 4.74 Å². The molecule has 1 aliphatic heterocycles. The number of benzene rings is 2. The number of nitrogens with one attached hydrogen (secondary N) is 1. The average molecular weight is 421 g/mol. The fourth-order valence-electron chi connectivity index (χ4n) is 4.07. The second-order valence-corrected chi connectivity index (χ2v) is 7.97. The van der Waals surface area contributed by atoms with Crippen molar-refractivity contribution in [2.75, 3.05) is 20.2 Å². The quantitative estimate of drug-likeness (QED) is 0.638. The number of aromatic nitrogens is 2. The number of aryl methyl sites for hydroxylation is 1. The van der Waals surface area contributed by atoms with Gasteiger partial charge in [0.15, 0.2) is 0 Å². The summed E-state index contributed by atoms with van der Waals surface area (Å²) < 4.78 is 7.19. The maximum atomic E-state index is 12.8. The molecule has 0 radical (unpaired) electrons. The van der Waals surface area contributed by atoms with E-state index in [-0.39, 0.29) is 17.7 Å². The molecule has 2 heterocycles. The molecule has 7 heteroatoms. The van der Waals surface area contributed by atoms with Gasteiger partial charge in [0.2, 0.25) is 11.8 Å². The molecule has 1 aliphatic rings. The lowest BCUT2D eigenvalue weighted by molar-refractivity contribution is -0.138. The van der Waals surface area contributed by atoms with Crippen LogP contribution in [-0.4, -0.2) is 46.5 Å². The number of hydrogen-bond donors (Lipinski definition) is 1. The van der Waals surface area contributed by atoms with E-state index in [1.165, 1.54) is 0 Å². The summed E-state index contributed by atoms with van der Waals surface area (Å²) in [5.41, 5.74) is 3.10. The molecule has 31 heavy (non-hydrogen) atoms. The van der Waals surface area contributed by atoms with E-state index >= 15 is 0 Å². The van der Waals surface area contributed by atoms with Gasteiger partial charge in [0, 0.05) is 26.6 Å². The fraction of sp³-hybridized carbons (Fsp3) is 0.375. The van der Waals surface area contributed by atoms with Gasteiger partial charge in [-0.3, -0.25) is 9.59 Å². The number of carbonyl (C=O) groups is 2. The number of likely N-dealkylation sites (tertiary alicyclic amines) is 1. The zero-order valence-corrected chi connectivity index (χ0v) is 18.0. The first-order valence-electron chi connectivity index (χ1n) is 10.6. The van der Waals surface area contributed by atoms with Crippen molar-refractivity contribution in [1.82, 2.24) is 19.8 Å². The number of piperidine rings is 1. The van der Waals surface area contributed by atoms with E-state index in [1.807, 2.05) is 65.0 Å². The number of rotatable bonds is 7. The first-order chi connectivity index (χ1) is 15.0. The molecule has 2 aromatic carbocycles. The zero-order valence-electron chi connectivity index (χ0n) is 18.0. The number of imidazole rings is 1. The van der Waals surface area contributed by atoms with Crippen molar-refractivity contribution >= 4 is 22.8 Å². The Kier molecular flexibility index (Phi) is 6.21. The lowest BCUT2D eigenvalue weighted by Gasteiger charge is -2.32. The summed E-state index contributed by atoms with van der Waals surface area (Å²) in [6, 6.07) is 15.8. The molecular weight excluding hydrogens is 392 g/mol. The number of methoxy groups -OCH3 is 1. The van der Waals surface area contributed by atoms with Crippen LogP contribution in [0.15, 0.2) is 48.5 Å².